The number of carbonyl (C=O) groups is 1. The van der Waals surface area contributed by atoms with Crippen LogP contribution in [0.15, 0.2) is 41.4 Å². The van der Waals surface area contributed by atoms with Gasteiger partial charge in [-0.25, -0.2) is 17.8 Å². The van der Waals surface area contributed by atoms with Gasteiger partial charge in [0, 0.05) is 0 Å². The summed E-state index contributed by atoms with van der Waals surface area (Å²) in [5.41, 5.74) is 0.547. The zero-order valence-electron chi connectivity index (χ0n) is 12.6. The first kappa shape index (κ1) is 16.2. The Bertz CT molecular complexity index is 871. The van der Waals surface area contributed by atoms with Gasteiger partial charge in [0.15, 0.2) is 0 Å². The molecule has 1 aromatic carbocycles. The third-order valence-corrected chi connectivity index (χ3v) is 5.47. The molecule has 24 heavy (non-hydrogen) atoms. The number of carbonyl (C=O) groups excluding carboxylic acids is 1. The van der Waals surface area contributed by atoms with Crippen LogP contribution in [0.25, 0.3) is 0 Å². The highest BCUT2D eigenvalue weighted by molar-refractivity contribution is 7.92. The fraction of sp³-hybridized carbons (Fsp3) is 0.200. The Balaban J connectivity index is 2.11. The Morgan fingerprint density at radius 3 is 2.75 bits per heavy atom. The molecule has 126 valence electrons. The van der Waals surface area contributed by atoms with Crippen molar-refractivity contribution < 1.29 is 22.3 Å². The number of halogens is 1. The summed E-state index contributed by atoms with van der Waals surface area (Å²) >= 11 is 0. The van der Waals surface area contributed by atoms with Crippen LogP contribution in [0.3, 0.4) is 0 Å². The van der Waals surface area contributed by atoms with Crippen LogP contribution in [-0.2, 0) is 14.8 Å². The molecule has 2 heterocycles. The van der Waals surface area contributed by atoms with Gasteiger partial charge in [0.05, 0.1) is 22.8 Å². The number of aromatic nitrogens is 1. The van der Waals surface area contributed by atoms with Gasteiger partial charge in [-0.1, -0.05) is 0 Å². The standard InChI is InChI=1S/C15H14FN3O4S/c1-10-8-23-15-14(6-12(7-17-15)18-9-20)19(10)24(21,22)13-4-2-11(16)3-5-13/h2-7,9-10H,8H2,1H3,(H,18,20). The van der Waals surface area contributed by atoms with E-state index in [1.807, 2.05) is 0 Å². The topological polar surface area (TPSA) is 88.6 Å². The minimum Gasteiger partial charge on any atom is -0.474 e. The summed E-state index contributed by atoms with van der Waals surface area (Å²) in [6, 6.07) is 5.54. The Hall–Kier alpha value is -2.68. The summed E-state index contributed by atoms with van der Waals surface area (Å²) in [5, 5.41) is 2.42. The molecule has 1 aliphatic rings. The number of ether oxygens (including phenoxy) is 1. The molecule has 0 fully saturated rings. The fourth-order valence-electron chi connectivity index (χ4n) is 2.45. The molecule has 0 bridgehead atoms. The molecule has 7 nitrogen and oxygen atoms in total. The molecule has 1 atom stereocenters. The number of anilines is 2. The van der Waals surface area contributed by atoms with Crippen LogP contribution in [0.4, 0.5) is 15.8 Å². The van der Waals surface area contributed by atoms with E-state index in [9.17, 15) is 17.6 Å². The third kappa shape index (κ3) is 2.78. The van der Waals surface area contributed by atoms with Crippen molar-refractivity contribution in [3.05, 3.63) is 42.3 Å². The molecule has 1 unspecified atom stereocenters. The third-order valence-electron chi connectivity index (χ3n) is 3.53. The molecule has 1 aliphatic heterocycles. The monoisotopic (exact) mass is 351 g/mol. The van der Waals surface area contributed by atoms with Gasteiger partial charge in [0.2, 0.25) is 12.3 Å². The lowest BCUT2D eigenvalue weighted by Gasteiger charge is -2.35. The number of benzene rings is 1. The number of sulfonamides is 1. The number of nitrogens with zero attached hydrogens (tertiary/aromatic N) is 2. The van der Waals surface area contributed by atoms with E-state index in [2.05, 4.69) is 10.3 Å². The van der Waals surface area contributed by atoms with E-state index in [4.69, 9.17) is 4.74 Å². The van der Waals surface area contributed by atoms with Crippen LogP contribution >= 0.6 is 0 Å². The zero-order valence-corrected chi connectivity index (χ0v) is 13.5. The summed E-state index contributed by atoms with van der Waals surface area (Å²) in [6.07, 6.45) is 1.83. The average Bonchev–Trinajstić information content (AvgIpc) is 2.55. The minimum absolute atomic E-state index is 0.0441. The van der Waals surface area contributed by atoms with E-state index in [1.165, 1.54) is 28.7 Å². The number of nitrogens with one attached hydrogen (secondary N) is 1. The Kier molecular flexibility index (Phi) is 4.10. The molecule has 0 spiro atoms. The molecule has 2 aromatic rings. The molecule has 1 N–H and O–H groups in total. The van der Waals surface area contributed by atoms with Gasteiger partial charge in [-0.05, 0) is 37.3 Å². The quantitative estimate of drug-likeness (QED) is 0.848. The molecule has 0 saturated heterocycles. The zero-order chi connectivity index (χ0) is 17.3. The number of hydrogen-bond donors (Lipinski definition) is 1. The average molecular weight is 351 g/mol. The molecule has 0 radical (unpaired) electrons. The SMILES string of the molecule is CC1COc2ncc(NC=O)cc2N1S(=O)(=O)c1ccc(F)cc1. The molecule has 9 heteroatoms. The minimum atomic E-state index is -3.94. The first-order chi connectivity index (χ1) is 11.4. The maximum atomic E-state index is 13.1. The van der Waals surface area contributed by atoms with Crippen molar-refractivity contribution in [2.75, 3.05) is 16.2 Å². The van der Waals surface area contributed by atoms with Gasteiger partial charge in [-0.2, -0.15) is 0 Å². The smallest absolute Gasteiger partial charge is 0.264 e. The predicted octanol–water partition coefficient (Wildman–Crippen LogP) is 1.77. The molecule has 0 aliphatic carbocycles. The normalized spacial score (nSPS) is 16.9. The number of fused-ring (bicyclic) bond motifs is 1. The summed E-state index contributed by atoms with van der Waals surface area (Å²) in [7, 11) is -3.94. The van der Waals surface area contributed by atoms with Crippen molar-refractivity contribution in [2.24, 2.45) is 0 Å². The van der Waals surface area contributed by atoms with Gasteiger partial charge in [0.1, 0.15) is 18.1 Å². The highest BCUT2D eigenvalue weighted by atomic mass is 32.2. The van der Waals surface area contributed by atoms with Crippen molar-refractivity contribution in [2.45, 2.75) is 17.9 Å². The highest BCUT2D eigenvalue weighted by Gasteiger charge is 2.36. The van der Waals surface area contributed by atoms with Gasteiger partial charge in [-0.15, -0.1) is 0 Å². The maximum absolute atomic E-state index is 13.1. The molecule has 1 amide bonds. The lowest BCUT2D eigenvalue weighted by atomic mass is 10.2. The van der Waals surface area contributed by atoms with Crippen LogP contribution in [-0.4, -0.2) is 32.5 Å². The number of amides is 1. The fourth-order valence-corrected chi connectivity index (χ4v) is 4.08. The summed E-state index contributed by atoms with van der Waals surface area (Å²) in [6.45, 7) is 1.81. The number of pyridine rings is 1. The van der Waals surface area contributed by atoms with E-state index >= 15 is 0 Å². The van der Waals surface area contributed by atoms with E-state index in [-0.39, 0.29) is 23.1 Å². The van der Waals surface area contributed by atoms with Crippen molar-refractivity contribution >= 4 is 27.8 Å². The predicted molar refractivity (Wildman–Crippen MR) is 84.9 cm³/mol. The summed E-state index contributed by atoms with van der Waals surface area (Å²) in [5.74, 6) is -0.376. The molecular formula is C15H14FN3O4S. The van der Waals surface area contributed by atoms with Gasteiger partial charge < -0.3 is 10.1 Å². The van der Waals surface area contributed by atoms with Crippen LogP contribution in [0.2, 0.25) is 0 Å². The Labute approximate surface area is 138 Å². The second-order valence-electron chi connectivity index (χ2n) is 5.23. The number of rotatable bonds is 4. The Morgan fingerprint density at radius 1 is 1.38 bits per heavy atom. The molecule has 1 aromatic heterocycles. The first-order valence-electron chi connectivity index (χ1n) is 7.06. The van der Waals surface area contributed by atoms with Gasteiger partial charge in [0.25, 0.3) is 10.0 Å². The van der Waals surface area contributed by atoms with Crippen molar-refractivity contribution in [3.63, 3.8) is 0 Å². The molecule has 3 rings (SSSR count). The highest BCUT2D eigenvalue weighted by Crippen LogP contribution is 2.37. The van der Waals surface area contributed by atoms with Crippen LogP contribution in [0.5, 0.6) is 5.88 Å². The van der Waals surface area contributed by atoms with Crippen molar-refractivity contribution in [3.8, 4) is 5.88 Å². The van der Waals surface area contributed by atoms with Gasteiger partial charge >= 0.3 is 0 Å². The summed E-state index contributed by atoms with van der Waals surface area (Å²) < 4.78 is 45.7. The largest absolute Gasteiger partial charge is 0.474 e. The maximum Gasteiger partial charge on any atom is 0.264 e. The Morgan fingerprint density at radius 2 is 2.08 bits per heavy atom. The van der Waals surface area contributed by atoms with E-state index in [1.54, 1.807) is 6.92 Å². The molecular weight excluding hydrogens is 337 g/mol. The van der Waals surface area contributed by atoms with Crippen LogP contribution < -0.4 is 14.4 Å². The number of hydrogen-bond acceptors (Lipinski definition) is 5. The summed E-state index contributed by atoms with van der Waals surface area (Å²) in [4.78, 5) is 14.6. The van der Waals surface area contributed by atoms with E-state index in [0.29, 0.717) is 12.1 Å². The van der Waals surface area contributed by atoms with Crippen LogP contribution in [0.1, 0.15) is 6.92 Å². The van der Waals surface area contributed by atoms with E-state index in [0.717, 1.165) is 12.1 Å². The van der Waals surface area contributed by atoms with E-state index < -0.39 is 21.9 Å². The van der Waals surface area contributed by atoms with Gasteiger partial charge in [-0.3, -0.25) is 9.10 Å². The second-order valence-corrected chi connectivity index (χ2v) is 7.04. The second kappa shape index (κ2) is 6.08. The lowest BCUT2D eigenvalue weighted by Crippen LogP contribution is -2.45. The van der Waals surface area contributed by atoms with Crippen molar-refractivity contribution in [1.82, 2.24) is 4.98 Å². The first-order valence-corrected chi connectivity index (χ1v) is 8.50. The van der Waals surface area contributed by atoms with Crippen molar-refractivity contribution in [1.29, 1.82) is 0 Å². The molecule has 0 saturated carbocycles. The van der Waals surface area contributed by atoms with Crippen LogP contribution in [0, 0.1) is 5.82 Å². The lowest BCUT2D eigenvalue weighted by molar-refractivity contribution is -0.105.